The zero-order chi connectivity index (χ0) is 18.7. The zero-order valence-electron chi connectivity index (χ0n) is 14.8. The van der Waals surface area contributed by atoms with Gasteiger partial charge in [-0.25, -0.2) is 4.79 Å². The summed E-state index contributed by atoms with van der Waals surface area (Å²) in [4.78, 5) is 38.0. The second-order valence-electron chi connectivity index (χ2n) is 7.17. The van der Waals surface area contributed by atoms with Gasteiger partial charge in [0.25, 0.3) is 0 Å². The standard InChI is InChI=1S/C19H24ClN3O3/c1-12-4-2-3-5-15(12)21-17(24)11-23-18(25)10-16(22-19(23)26)13-6-8-14(20)9-7-13/h6-9,12,15-16H,2-5,10-11H2,1H3,(H,21,24)(H,22,26)/t12-,15+,16-/m1/s1. The maximum atomic E-state index is 12.4. The molecule has 1 aromatic rings. The summed E-state index contributed by atoms with van der Waals surface area (Å²) >= 11 is 5.87. The summed E-state index contributed by atoms with van der Waals surface area (Å²) < 4.78 is 0. The van der Waals surface area contributed by atoms with Crippen LogP contribution in [0.1, 0.15) is 50.6 Å². The number of carbonyl (C=O) groups excluding carboxylic acids is 3. The van der Waals surface area contributed by atoms with Crippen molar-refractivity contribution in [2.45, 2.75) is 51.1 Å². The Hall–Kier alpha value is -2.08. The predicted molar refractivity (Wildman–Crippen MR) is 98.6 cm³/mol. The molecule has 1 heterocycles. The number of hydrogen-bond acceptors (Lipinski definition) is 3. The van der Waals surface area contributed by atoms with E-state index in [1.165, 1.54) is 6.42 Å². The van der Waals surface area contributed by atoms with Crippen molar-refractivity contribution < 1.29 is 14.4 Å². The SMILES string of the molecule is C[C@@H]1CCCC[C@@H]1NC(=O)CN1C(=O)C[C@H](c2ccc(Cl)cc2)NC1=O. The van der Waals surface area contributed by atoms with Crippen LogP contribution in [-0.2, 0) is 9.59 Å². The van der Waals surface area contributed by atoms with E-state index in [-0.39, 0.29) is 30.8 Å². The quantitative estimate of drug-likeness (QED) is 0.846. The molecule has 1 aliphatic heterocycles. The molecule has 0 bridgehead atoms. The van der Waals surface area contributed by atoms with E-state index in [2.05, 4.69) is 17.6 Å². The van der Waals surface area contributed by atoms with Gasteiger partial charge in [0, 0.05) is 11.1 Å². The van der Waals surface area contributed by atoms with E-state index in [0.29, 0.717) is 10.9 Å². The third-order valence-electron chi connectivity index (χ3n) is 5.25. The molecule has 6 nitrogen and oxygen atoms in total. The van der Waals surface area contributed by atoms with Crippen molar-refractivity contribution in [2.75, 3.05) is 6.54 Å². The van der Waals surface area contributed by atoms with Crippen molar-refractivity contribution in [2.24, 2.45) is 5.92 Å². The van der Waals surface area contributed by atoms with E-state index >= 15 is 0 Å². The van der Waals surface area contributed by atoms with Gasteiger partial charge in [-0.3, -0.25) is 14.5 Å². The van der Waals surface area contributed by atoms with Crippen LogP contribution in [0.15, 0.2) is 24.3 Å². The van der Waals surface area contributed by atoms with Crippen LogP contribution in [-0.4, -0.2) is 35.3 Å². The maximum Gasteiger partial charge on any atom is 0.325 e. The minimum atomic E-state index is -0.534. The molecule has 4 amide bonds. The smallest absolute Gasteiger partial charge is 0.325 e. The molecule has 0 unspecified atom stereocenters. The van der Waals surface area contributed by atoms with Gasteiger partial charge in [-0.1, -0.05) is 43.5 Å². The molecule has 2 fully saturated rings. The van der Waals surface area contributed by atoms with E-state index in [1.807, 2.05) is 0 Å². The maximum absolute atomic E-state index is 12.4. The van der Waals surface area contributed by atoms with Crippen LogP contribution in [0, 0.1) is 5.92 Å². The Morgan fingerprint density at radius 1 is 1.23 bits per heavy atom. The molecule has 1 saturated carbocycles. The number of carbonyl (C=O) groups is 3. The predicted octanol–water partition coefficient (Wildman–Crippen LogP) is 3.02. The number of hydrogen-bond donors (Lipinski definition) is 2. The van der Waals surface area contributed by atoms with Gasteiger partial charge < -0.3 is 10.6 Å². The number of benzene rings is 1. The Morgan fingerprint density at radius 3 is 2.58 bits per heavy atom. The van der Waals surface area contributed by atoms with Gasteiger partial charge in [-0.15, -0.1) is 0 Å². The van der Waals surface area contributed by atoms with Crippen LogP contribution in [0.3, 0.4) is 0 Å². The molecular weight excluding hydrogens is 354 g/mol. The van der Waals surface area contributed by atoms with Crippen LogP contribution in [0.2, 0.25) is 5.02 Å². The first-order valence-corrected chi connectivity index (χ1v) is 9.47. The summed E-state index contributed by atoms with van der Waals surface area (Å²) in [6.45, 7) is 1.89. The average molecular weight is 378 g/mol. The minimum absolute atomic E-state index is 0.125. The highest BCUT2D eigenvalue weighted by atomic mass is 35.5. The molecule has 1 aromatic carbocycles. The van der Waals surface area contributed by atoms with Gasteiger partial charge in [0.15, 0.2) is 0 Å². The summed E-state index contributed by atoms with van der Waals surface area (Å²) in [7, 11) is 0. The Kier molecular flexibility index (Phi) is 5.81. The highest BCUT2D eigenvalue weighted by Crippen LogP contribution is 2.25. The normalized spacial score (nSPS) is 26.4. The molecule has 2 aliphatic rings. The van der Waals surface area contributed by atoms with Crippen LogP contribution in [0.5, 0.6) is 0 Å². The largest absolute Gasteiger partial charge is 0.352 e. The molecule has 3 atom stereocenters. The van der Waals surface area contributed by atoms with Crippen molar-refractivity contribution in [3.8, 4) is 0 Å². The van der Waals surface area contributed by atoms with Crippen LogP contribution in [0.25, 0.3) is 0 Å². The van der Waals surface area contributed by atoms with E-state index in [4.69, 9.17) is 11.6 Å². The molecule has 2 N–H and O–H groups in total. The molecule has 0 aromatic heterocycles. The summed E-state index contributed by atoms with van der Waals surface area (Å²) in [6.07, 6.45) is 4.46. The lowest BCUT2D eigenvalue weighted by atomic mass is 9.86. The van der Waals surface area contributed by atoms with Crippen LogP contribution in [0.4, 0.5) is 4.79 Å². The molecule has 7 heteroatoms. The van der Waals surface area contributed by atoms with Gasteiger partial charge >= 0.3 is 6.03 Å². The molecule has 26 heavy (non-hydrogen) atoms. The topological polar surface area (TPSA) is 78.5 Å². The number of nitrogens with one attached hydrogen (secondary N) is 2. The summed E-state index contributed by atoms with van der Waals surface area (Å²) in [5, 5.41) is 6.37. The first-order chi connectivity index (χ1) is 12.4. The number of nitrogens with zero attached hydrogens (tertiary/aromatic N) is 1. The fourth-order valence-corrected chi connectivity index (χ4v) is 3.79. The molecule has 1 saturated heterocycles. The zero-order valence-corrected chi connectivity index (χ0v) is 15.6. The van der Waals surface area contributed by atoms with Crippen LogP contribution >= 0.6 is 11.6 Å². The van der Waals surface area contributed by atoms with Gasteiger partial charge in [-0.05, 0) is 36.5 Å². The van der Waals surface area contributed by atoms with Crippen molar-refractivity contribution in [3.05, 3.63) is 34.9 Å². The summed E-state index contributed by atoms with van der Waals surface area (Å²) in [6, 6.07) is 6.21. The molecule has 1 aliphatic carbocycles. The highest BCUT2D eigenvalue weighted by Gasteiger charge is 2.34. The summed E-state index contributed by atoms with van der Waals surface area (Å²) in [5.74, 6) is -0.203. The van der Waals surface area contributed by atoms with Gasteiger partial charge in [0.1, 0.15) is 6.54 Å². The van der Waals surface area contributed by atoms with E-state index in [9.17, 15) is 14.4 Å². The molecular formula is C19H24ClN3O3. The van der Waals surface area contributed by atoms with Crippen molar-refractivity contribution in [3.63, 3.8) is 0 Å². The van der Waals surface area contributed by atoms with E-state index in [0.717, 1.165) is 29.7 Å². The van der Waals surface area contributed by atoms with Crippen molar-refractivity contribution >= 4 is 29.4 Å². The van der Waals surface area contributed by atoms with Gasteiger partial charge in [0.2, 0.25) is 11.8 Å². The molecule has 3 rings (SSSR count). The third-order valence-corrected chi connectivity index (χ3v) is 5.51. The average Bonchev–Trinajstić information content (AvgIpc) is 2.60. The Bertz CT molecular complexity index is 674. The lowest BCUT2D eigenvalue weighted by Gasteiger charge is -2.33. The molecule has 140 valence electrons. The van der Waals surface area contributed by atoms with Crippen molar-refractivity contribution in [1.82, 2.24) is 15.5 Å². The highest BCUT2D eigenvalue weighted by molar-refractivity contribution is 6.30. The van der Waals surface area contributed by atoms with Crippen molar-refractivity contribution in [1.29, 1.82) is 0 Å². The Morgan fingerprint density at radius 2 is 1.92 bits per heavy atom. The first kappa shape index (κ1) is 18.7. The number of halogens is 1. The minimum Gasteiger partial charge on any atom is -0.352 e. The number of urea groups is 1. The fourth-order valence-electron chi connectivity index (χ4n) is 3.66. The van der Waals surface area contributed by atoms with E-state index in [1.54, 1.807) is 24.3 Å². The third kappa shape index (κ3) is 4.36. The van der Waals surface area contributed by atoms with Gasteiger partial charge in [0.05, 0.1) is 12.5 Å². The fraction of sp³-hybridized carbons (Fsp3) is 0.526. The Labute approximate surface area is 158 Å². The second-order valence-corrected chi connectivity index (χ2v) is 7.61. The van der Waals surface area contributed by atoms with Crippen LogP contribution < -0.4 is 10.6 Å². The first-order valence-electron chi connectivity index (χ1n) is 9.09. The number of rotatable bonds is 4. The number of imide groups is 1. The summed E-state index contributed by atoms with van der Waals surface area (Å²) in [5.41, 5.74) is 0.816. The molecule has 0 radical (unpaired) electrons. The van der Waals surface area contributed by atoms with E-state index < -0.39 is 12.1 Å². The lowest BCUT2D eigenvalue weighted by Crippen LogP contribution is -2.55. The Balaban J connectivity index is 1.58. The second kappa shape index (κ2) is 8.08. The van der Waals surface area contributed by atoms with Gasteiger partial charge in [-0.2, -0.15) is 0 Å². The number of amides is 4. The monoisotopic (exact) mass is 377 g/mol. The molecule has 0 spiro atoms. The lowest BCUT2D eigenvalue weighted by molar-refractivity contribution is -0.135.